The molecule has 0 aliphatic carbocycles. The van der Waals surface area contributed by atoms with Crippen molar-refractivity contribution in [3.8, 4) is 0 Å². The molecular formula is C13H16ClNO4S2. The van der Waals surface area contributed by atoms with E-state index in [0.29, 0.717) is 13.1 Å². The molecule has 1 fully saturated rings. The van der Waals surface area contributed by atoms with Gasteiger partial charge in [0.1, 0.15) is 0 Å². The van der Waals surface area contributed by atoms with Crippen LogP contribution in [-0.2, 0) is 10.0 Å². The summed E-state index contributed by atoms with van der Waals surface area (Å²) < 4.78 is 26.7. The van der Waals surface area contributed by atoms with Crippen molar-refractivity contribution >= 4 is 39.4 Å². The third-order valence-electron chi connectivity index (χ3n) is 3.19. The highest BCUT2D eigenvalue weighted by Crippen LogP contribution is 2.30. The fourth-order valence-electron chi connectivity index (χ4n) is 2.31. The maximum Gasteiger partial charge on any atom is 0.337 e. The molecule has 21 heavy (non-hydrogen) atoms. The van der Waals surface area contributed by atoms with Crippen LogP contribution in [0.15, 0.2) is 23.1 Å². The van der Waals surface area contributed by atoms with E-state index >= 15 is 0 Å². The summed E-state index contributed by atoms with van der Waals surface area (Å²) in [5, 5.41) is 9.30. The van der Waals surface area contributed by atoms with Crippen LogP contribution in [0.1, 0.15) is 24.2 Å². The minimum absolute atomic E-state index is 0.0313. The Balaban J connectivity index is 2.35. The number of benzene rings is 1. The molecule has 1 aromatic carbocycles. The van der Waals surface area contributed by atoms with Gasteiger partial charge in [0.05, 0.1) is 15.5 Å². The van der Waals surface area contributed by atoms with Crippen molar-refractivity contribution in [1.82, 2.24) is 4.31 Å². The lowest BCUT2D eigenvalue weighted by Gasteiger charge is -2.33. The van der Waals surface area contributed by atoms with Gasteiger partial charge in [0, 0.05) is 23.6 Å². The molecule has 1 aliphatic heterocycles. The van der Waals surface area contributed by atoms with Gasteiger partial charge in [-0.05, 0) is 18.2 Å². The fraction of sp³-hybridized carbons (Fsp3) is 0.462. The summed E-state index contributed by atoms with van der Waals surface area (Å²) >= 11 is 7.61. The fourth-order valence-corrected chi connectivity index (χ4v) is 5.79. The minimum atomic E-state index is -3.65. The van der Waals surface area contributed by atoms with Gasteiger partial charge in [0.2, 0.25) is 10.0 Å². The number of carboxylic acid groups (broad SMARTS) is 1. The van der Waals surface area contributed by atoms with Gasteiger partial charge >= 0.3 is 5.97 Å². The molecule has 2 rings (SSSR count). The van der Waals surface area contributed by atoms with E-state index in [2.05, 4.69) is 0 Å². The van der Waals surface area contributed by atoms with Gasteiger partial charge in [0.15, 0.2) is 0 Å². The zero-order valence-electron chi connectivity index (χ0n) is 11.6. The van der Waals surface area contributed by atoms with Crippen molar-refractivity contribution in [2.75, 3.05) is 13.1 Å². The second-order valence-corrected chi connectivity index (χ2v) is 9.25. The van der Waals surface area contributed by atoms with Crippen molar-refractivity contribution in [3.05, 3.63) is 28.8 Å². The monoisotopic (exact) mass is 349 g/mol. The van der Waals surface area contributed by atoms with E-state index in [9.17, 15) is 13.2 Å². The van der Waals surface area contributed by atoms with E-state index in [4.69, 9.17) is 16.7 Å². The van der Waals surface area contributed by atoms with Crippen LogP contribution in [-0.4, -0.2) is 47.4 Å². The van der Waals surface area contributed by atoms with E-state index in [1.54, 1.807) is 11.8 Å². The first kappa shape index (κ1) is 16.6. The average molecular weight is 350 g/mol. The molecule has 0 spiro atoms. The Bertz CT molecular complexity index is 652. The summed E-state index contributed by atoms with van der Waals surface area (Å²) in [5.74, 6) is -1.18. The third kappa shape index (κ3) is 3.53. The van der Waals surface area contributed by atoms with Crippen LogP contribution < -0.4 is 0 Å². The molecule has 2 unspecified atom stereocenters. The molecule has 1 heterocycles. The molecule has 116 valence electrons. The number of hydrogen-bond donors (Lipinski definition) is 1. The number of rotatable bonds is 3. The molecule has 1 saturated heterocycles. The predicted molar refractivity (Wildman–Crippen MR) is 83.7 cm³/mol. The quantitative estimate of drug-likeness (QED) is 0.907. The number of thioether (sulfide) groups is 1. The van der Waals surface area contributed by atoms with E-state index in [1.807, 2.05) is 13.8 Å². The summed E-state index contributed by atoms with van der Waals surface area (Å²) in [6.07, 6.45) is 0. The van der Waals surface area contributed by atoms with Gasteiger partial charge in [-0.3, -0.25) is 0 Å². The zero-order chi connectivity index (χ0) is 15.8. The van der Waals surface area contributed by atoms with Crippen molar-refractivity contribution in [2.24, 2.45) is 0 Å². The SMILES string of the molecule is CC1CN(S(=O)(=O)c2ccc(C(=O)O)c(Cl)c2)CC(C)S1. The van der Waals surface area contributed by atoms with Crippen molar-refractivity contribution in [1.29, 1.82) is 0 Å². The number of aromatic carboxylic acids is 1. The normalized spacial score (nSPS) is 24.0. The summed E-state index contributed by atoms with van der Waals surface area (Å²) in [5.41, 5.74) is -0.105. The van der Waals surface area contributed by atoms with Gasteiger partial charge < -0.3 is 5.11 Å². The van der Waals surface area contributed by atoms with Crippen molar-refractivity contribution < 1.29 is 18.3 Å². The molecule has 1 N–H and O–H groups in total. The molecule has 5 nitrogen and oxygen atoms in total. The Morgan fingerprint density at radius 3 is 2.38 bits per heavy atom. The summed E-state index contributed by atoms with van der Waals surface area (Å²) in [4.78, 5) is 11.0. The number of carbonyl (C=O) groups is 1. The van der Waals surface area contributed by atoms with Gasteiger partial charge in [-0.2, -0.15) is 16.1 Å². The third-order valence-corrected chi connectivity index (χ3v) is 6.56. The van der Waals surface area contributed by atoms with Crippen molar-refractivity contribution in [2.45, 2.75) is 29.2 Å². The van der Waals surface area contributed by atoms with Gasteiger partial charge in [-0.1, -0.05) is 25.4 Å². The van der Waals surface area contributed by atoms with Crippen LogP contribution in [0, 0.1) is 0 Å². The molecule has 2 atom stereocenters. The number of carboxylic acids is 1. The van der Waals surface area contributed by atoms with Crippen molar-refractivity contribution in [3.63, 3.8) is 0 Å². The number of nitrogens with zero attached hydrogens (tertiary/aromatic N) is 1. The van der Waals surface area contributed by atoms with E-state index < -0.39 is 16.0 Å². The van der Waals surface area contributed by atoms with E-state index in [1.165, 1.54) is 22.5 Å². The Morgan fingerprint density at radius 2 is 1.90 bits per heavy atom. The summed E-state index contributed by atoms with van der Waals surface area (Å²) in [7, 11) is -3.65. The highest BCUT2D eigenvalue weighted by Gasteiger charge is 2.32. The topological polar surface area (TPSA) is 74.7 Å². The van der Waals surface area contributed by atoms with Crippen LogP contribution in [0.4, 0.5) is 0 Å². The van der Waals surface area contributed by atoms with E-state index in [-0.39, 0.29) is 26.0 Å². The molecule has 0 bridgehead atoms. The lowest BCUT2D eigenvalue weighted by molar-refractivity contribution is 0.0697. The lowest BCUT2D eigenvalue weighted by Crippen LogP contribution is -2.43. The van der Waals surface area contributed by atoms with Crippen LogP contribution >= 0.6 is 23.4 Å². The Labute approximate surface area is 133 Å². The molecule has 1 aliphatic rings. The largest absolute Gasteiger partial charge is 0.478 e. The first-order chi connectivity index (χ1) is 9.71. The molecule has 0 radical (unpaired) electrons. The molecule has 0 saturated carbocycles. The summed E-state index contributed by atoms with van der Waals surface area (Å²) in [6.45, 7) is 4.86. The molecule has 0 amide bonds. The second kappa shape index (κ2) is 6.16. The van der Waals surface area contributed by atoms with Crippen LogP contribution in [0.3, 0.4) is 0 Å². The van der Waals surface area contributed by atoms with Crippen LogP contribution in [0.2, 0.25) is 5.02 Å². The molecule has 0 aromatic heterocycles. The first-order valence-electron chi connectivity index (χ1n) is 6.40. The van der Waals surface area contributed by atoms with Gasteiger partial charge in [-0.25, -0.2) is 13.2 Å². The highest BCUT2D eigenvalue weighted by molar-refractivity contribution is 8.00. The summed E-state index contributed by atoms with van der Waals surface area (Å²) in [6, 6.07) is 3.72. The zero-order valence-corrected chi connectivity index (χ0v) is 14.0. The number of sulfonamides is 1. The number of halogens is 1. The predicted octanol–water partition coefficient (Wildman–Crippen LogP) is 2.55. The first-order valence-corrected chi connectivity index (χ1v) is 9.16. The second-order valence-electron chi connectivity index (χ2n) is 5.03. The molecular weight excluding hydrogens is 334 g/mol. The number of hydrogen-bond acceptors (Lipinski definition) is 4. The molecule has 8 heteroatoms. The minimum Gasteiger partial charge on any atom is -0.478 e. The average Bonchev–Trinajstić information content (AvgIpc) is 2.36. The Hall–Kier alpha value is -0.760. The smallest absolute Gasteiger partial charge is 0.337 e. The Morgan fingerprint density at radius 1 is 1.33 bits per heavy atom. The van der Waals surface area contributed by atoms with Gasteiger partial charge in [-0.15, -0.1) is 0 Å². The highest BCUT2D eigenvalue weighted by atomic mass is 35.5. The molecule has 1 aromatic rings. The standard InChI is InChI=1S/C13H16ClNO4S2/c1-8-6-15(7-9(2)20-8)21(18,19)10-3-4-11(13(16)17)12(14)5-10/h3-5,8-9H,6-7H2,1-2H3,(H,16,17). The maximum absolute atomic E-state index is 12.6. The maximum atomic E-state index is 12.6. The van der Waals surface area contributed by atoms with Crippen LogP contribution in [0.5, 0.6) is 0 Å². The van der Waals surface area contributed by atoms with Gasteiger partial charge in [0.25, 0.3) is 0 Å². The lowest BCUT2D eigenvalue weighted by atomic mass is 10.2. The van der Waals surface area contributed by atoms with Crippen LogP contribution in [0.25, 0.3) is 0 Å². The Kier molecular flexibility index (Phi) is 4.87. The van der Waals surface area contributed by atoms with E-state index in [0.717, 1.165) is 0 Å².